The molecule has 0 aliphatic carbocycles. The van der Waals surface area contributed by atoms with Gasteiger partial charge in [0.1, 0.15) is 0 Å². The van der Waals surface area contributed by atoms with Gasteiger partial charge in [0.05, 0.1) is 34.1 Å². The quantitative estimate of drug-likeness (QED) is 0.0706. The van der Waals surface area contributed by atoms with Gasteiger partial charge in [0.25, 0.3) is 0 Å². The van der Waals surface area contributed by atoms with Crippen LogP contribution in [0.4, 0.5) is 119 Å². The van der Waals surface area contributed by atoms with E-state index in [0.29, 0.717) is 0 Å². The van der Waals surface area contributed by atoms with Crippen LogP contribution in [0.1, 0.15) is 122 Å². The van der Waals surface area contributed by atoms with Crippen molar-refractivity contribution >= 4 is 119 Å². The molecular formula is C112H113N7. The molecule has 0 aromatic heterocycles. The standard InChI is InChI=1S/C112H113N7/c1-70-23-28-92(29-24-70)113(98-40-46-101(47-41-98)116(107-80(11)58-73(4)59-81(107)12)102-48-54-105(55-49-102)119(111-88(19)66-77(8)67-89(111)20)112-90(21)68-78(9)69-91(112)22)94-32-36-96(37-33-94)115(100-44-52-104(53-45-100)118(109-84(15)62-75(6)63-85(109)16)110-86(17)64-76(7)65-87(110)18)97-38-34-95(35-39-97)114(93-30-25-71(2)26-31-93)99-42-50-103(51-43-99)117(106-56-27-72(3)57-79(106)10)108-82(13)60-74(5)61-83(108)14/h23-69H,1-22H3. The van der Waals surface area contributed by atoms with Crippen LogP contribution in [-0.2, 0) is 0 Å². The summed E-state index contributed by atoms with van der Waals surface area (Å²) in [6.45, 7) is 48.9. The SMILES string of the molecule is Cc1ccc(N(c2ccc(N(c3ccc(N(c4ccc(C)cc4)c4ccc(N(c5ccc(C)cc5C)c5c(C)cc(C)cc5C)cc4)cc3)c3ccc(N(c4c(C)cc(C)cc4C)c4c(C)cc(C)cc4C)cc3)cc2)c2ccc(N(c3ccc(N(c4c(C)cc(C)cc4C)c4c(C)cc(C)cc4C)cc3)c3c(C)cc(C)cc3C)cc2)cc1. The molecule has 15 aromatic carbocycles. The second kappa shape index (κ2) is 33.5. The zero-order valence-corrected chi connectivity index (χ0v) is 73.8. The topological polar surface area (TPSA) is 22.7 Å². The molecule has 0 saturated carbocycles. The van der Waals surface area contributed by atoms with Crippen LogP contribution in [0.2, 0.25) is 0 Å². The third-order valence-electron chi connectivity index (χ3n) is 23.5. The number of rotatable bonds is 21. The second-order valence-corrected chi connectivity index (χ2v) is 33.9. The van der Waals surface area contributed by atoms with Crippen molar-refractivity contribution in [2.45, 2.75) is 152 Å². The predicted molar refractivity (Wildman–Crippen MR) is 513 cm³/mol. The van der Waals surface area contributed by atoms with Crippen molar-refractivity contribution in [3.63, 3.8) is 0 Å². The molecule has 15 rings (SSSR count). The summed E-state index contributed by atoms with van der Waals surface area (Å²) in [4.78, 5) is 17.1. The molecule has 0 saturated heterocycles. The van der Waals surface area contributed by atoms with Crippen LogP contribution in [0, 0.1) is 152 Å². The predicted octanol–water partition coefficient (Wildman–Crippen LogP) is 32.8. The largest absolute Gasteiger partial charge is 0.311 e. The smallest absolute Gasteiger partial charge is 0.0520 e. The number of anilines is 21. The summed E-state index contributed by atoms with van der Waals surface area (Å²) < 4.78 is 0. The fourth-order valence-corrected chi connectivity index (χ4v) is 19.0. The third-order valence-corrected chi connectivity index (χ3v) is 23.5. The Bertz CT molecular complexity index is 6020. The average molecular weight is 1560 g/mol. The van der Waals surface area contributed by atoms with E-state index in [9.17, 15) is 0 Å². The maximum Gasteiger partial charge on any atom is 0.0520 e. The molecule has 596 valence electrons. The van der Waals surface area contributed by atoms with Crippen molar-refractivity contribution in [1.82, 2.24) is 0 Å². The highest BCUT2D eigenvalue weighted by atomic mass is 15.2. The Hall–Kier alpha value is -13.1. The molecule has 119 heavy (non-hydrogen) atoms. The zero-order chi connectivity index (χ0) is 84.1. The number of aryl methyl sites for hydroxylation is 22. The molecule has 0 aliphatic rings. The molecule has 15 aromatic rings. The molecule has 7 heteroatoms. The van der Waals surface area contributed by atoms with E-state index in [1.54, 1.807) is 0 Å². The van der Waals surface area contributed by atoms with Crippen LogP contribution in [0.15, 0.2) is 285 Å². The number of benzene rings is 15. The molecular weight excluding hydrogens is 1440 g/mol. The first-order valence-electron chi connectivity index (χ1n) is 41.9. The lowest BCUT2D eigenvalue weighted by atomic mass is 9.98. The highest BCUT2D eigenvalue weighted by Gasteiger charge is 2.28. The van der Waals surface area contributed by atoms with Gasteiger partial charge in [-0.25, -0.2) is 0 Å². The lowest BCUT2D eigenvalue weighted by molar-refractivity contribution is 1.16. The van der Waals surface area contributed by atoms with Crippen molar-refractivity contribution in [2.24, 2.45) is 0 Å². The summed E-state index contributed by atoms with van der Waals surface area (Å²) in [5.41, 5.74) is 50.4. The molecule has 0 spiro atoms. The molecule has 0 fully saturated rings. The first-order valence-corrected chi connectivity index (χ1v) is 41.9. The maximum absolute atomic E-state index is 2.49. The van der Waals surface area contributed by atoms with Crippen LogP contribution in [0.25, 0.3) is 0 Å². The van der Waals surface area contributed by atoms with E-state index in [2.05, 4.69) is 472 Å². The van der Waals surface area contributed by atoms with Gasteiger partial charge in [-0.3, -0.25) is 0 Å². The van der Waals surface area contributed by atoms with Gasteiger partial charge in [-0.1, -0.05) is 159 Å². The van der Waals surface area contributed by atoms with Gasteiger partial charge in [-0.2, -0.15) is 0 Å². The summed E-state index contributed by atoms with van der Waals surface area (Å²) in [5.74, 6) is 0. The van der Waals surface area contributed by atoms with E-state index in [0.717, 1.165) is 79.6 Å². The Labute approximate surface area is 709 Å². The minimum atomic E-state index is 1.01. The third kappa shape index (κ3) is 16.4. The highest BCUT2D eigenvalue weighted by Crippen LogP contribution is 2.51. The van der Waals surface area contributed by atoms with Crippen molar-refractivity contribution in [2.75, 3.05) is 34.3 Å². The monoisotopic (exact) mass is 1560 g/mol. The van der Waals surface area contributed by atoms with Crippen LogP contribution >= 0.6 is 0 Å². The summed E-state index contributed by atoms with van der Waals surface area (Å²) >= 11 is 0. The van der Waals surface area contributed by atoms with E-state index in [-0.39, 0.29) is 0 Å². The second-order valence-electron chi connectivity index (χ2n) is 33.9. The summed E-state index contributed by atoms with van der Waals surface area (Å²) in [5, 5.41) is 0. The van der Waals surface area contributed by atoms with Gasteiger partial charge in [-0.15, -0.1) is 0 Å². The summed E-state index contributed by atoms with van der Waals surface area (Å²) in [7, 11) is 0. The van der Waals surface area contributed by atoms with Gasteiger partial charge in [-0.05, 0) is 401 Å². The van der Waals surface area contributed by atoms with Gasteiger partial charge in [0.15, 0.2) is 0 Å². The van der Waals surface area contributed by atoms with E-state index in [1.807, 2.05) is 0 Å². The molecule has 0 atom stereocenters. The fraction of sp³-hybridized carbons (Fsp3) is 0.196. The molecule has 0 heterocycles. The first-order chi connectivity index (χ1) is 57.0. The van der Waals surface area contributed by atoms with Gasteiger partial charge in [0, 0.05) is 85.3 Å². The highest BCUT2D eigenvalue weighted by molar-refractivity contribution is 5.92. The Kier molecular flexibility index (Phi) is 22.8. The van der Waals surface area contributed by atoms with Crippen LogP contribution in [0.5, 0.6) is 0 Å². The molecule has 0 unspecified atom stereocenters. The van der Waals surface area contributed by atoms with Crippen LogP contribution in [0.3, 0.4) is 0 Å². The van der Waals surface area contributed by atoms with Crippen molar-refractivity contribution < 1.29 is 0 Å². The van der Waals surface area contributed by atoms with Crippen molar-refractivity contribution in [1.29, 1.82) is 0 Å². The first kappa shape index (κ1) is 81.1. The molecule has 0 N–H and O–H groups in total. The lowest BCUT2D eigenvalue weighted by Gasteiger charge is -2.33. The molecule has 0 aliphatic heterocycles. The Balaban J connectivity index is 0.834. The Morgan fingerprint density at radius 2 is 0.244 bits per heavy atom. The number of hydrogen-bond acceptors (Lipinski definition) is 7. The molecule has 0 bridgehead atoms. The summed E-state index contributed by atoms with van der Waals surface area (Å²) in [6, 6.07) is 107. The van der Waals surface area contributed by atoms with Gasteiger partial charge in [0.2, 0.25) is 0 Å². The van der Waals surface area contributed by atoms with Gasteiger partial charge >= 0.3 is 0 Å². The zero-order valence-electron chi connectivity index (χ0n) is 73.8. The van der Waals surface area contributed by atoms with E-state index < -0.39 is 0 Å². The lowest BCUT2D eigenvalue weighted by Crippen LogP contribution is -2.17. The number of nitrogens with zero attached hydrogens (tertiary/aromatic N) is 7. The molecule has 0 amide bonds. The van der Waals surface area contributed by atoms with Crippen molar-refractivity contribution in [3.05, 3.63) is 408 Å². The fourth-order valence-electron chi connectivity index (χ4n) is 19.0. The van der Waals surface area contributed by atoms with E-state index >= 15 is 0 Å². The maximum atomic E-state index is 2.49. The van der Waals surface area contributed by atoms with Crippen molar-refractivity contribution in [3.8, 4) is 0 Å². The molecule has 7 nitrogen and oxygen atoms in total. The minimum absolute atomic E-state index is 1.01. The van der Waals surface area contributed by atoms with E-state index in [4.69, 9.17) is 0 Å². The minimum Gasteiger partial charge on any atom is -0.311 e. The van der Waals surface area contributed by atoms with Crippen LogP contribution < -0.4 is 34.3 Å². The Morgan fingerprint density at radius 3 is 0.437 bits per heavy atom. The van der Waals surface area contributed by atoms with E-state index in [1.165, 1.54) is 162 Å². The van der Waals surface area contributed by atoms with Gasteiger partial charge < -0.3 is 34.3 Å². The van der Waals surface area contributed by atoms with Crippen LogP contribution in [-0.4, -0.2) is 0 Å². The number of hydrogen-bond donors (Lipinski definition) is 0. The molecule has 0 radical (unpaired) electrons. The normalized spacial score (nSPS) is 11.3. The Morgan fingerprint density at radius 1 is 0.109 bits per heavy atom. The summed E-state index contributed by atoms with van der Waals surface area (Å²) in [6.07, 6.45) is 0. The average Bonchev–Trinajstić information content (AvgIpc) is 0.770.